The van der Waals surface area contributed by atoms with Crippen LogP contribution in [-0.2, 0) is 0 Å². The summed E-state index contributed by atoms with van der Waals surface area (Å²) in [5.74, 6) is 0.886. The third-order valence-electron chi connectivity index (χ3n) is 2.69. The smallest absolute Gasteiger partial charge is 0.0264 e. The average Bonchev–Trinajstić information content (AvgIpc) is 2.01. The van der Waals surface area contributed by atoms with Gasteiger partial charge in [0.1, 0.15) is 0 Å². The second kappa shape index (κ2) is 5.28. The molecule has 1 rings (SSSR count). The van der Waals surface area contributed by atoms with E-state index in [0.29, 0.717) is 6.04 Å². The van der Waals surface area contributed by atoms with Crippen molar-refractivity contribution in [1.29, 1.82) is 0 Å². The minimum atomic E-state index is 0.706. The molecule has 0 amide bonds. The number of hydrogen-bond acceptors (Lipinski definition) is 2. The van der Waals surface area contributed by atoms with Gasteiger partial charge in [-0.15, -0.1) is 0 Å². The Morgan fingerprint density at radius 1 is 1.46 bits per heavy atom. The monoisotopic (exact) mass is 182 g/mol. The van der Waals surface area contributed by atoms with E-state index in [1.54, 1.807) is 0 Å². The van der Waals surface area contributed by atoms with E-state index in [4.69, 9.17) is 0 Å². The third kappa shape index (κ3) is 3.39. The molecular weight excluding hydrogens is 160 g/mol. The molecule has 13 heavy (non-hydrogen) atoms. The van der Waals surface area contributed by atoms with Crippen LogP contribution in [-0.4, -0.2) is 19.6 Å². The van der Waals surface area contributed by atoms with Crippen LogP contribution in [0.5, 0.6) is 0 Å². The van der Waals surface area contributed by atoms with Crippen LogP contribution in [0.25, 0.3) is 0 Å². The summed E-state index contributed by atoms with van der Waals surface area (Å²) in [4.78, 5) is 0. The molecule has 0 atom stereocenters. The van der Waals surface area contributed by atoms with Crippen LogP contribution in [0.4, 0.5) is 0 Å². The van der Waals surface area contributed by atoms with Crippen molar-refractivity contribution in [3.8, 4) is 0 Å². The van der Waals surface area contributed by atoms with Gasteiger partial charge in [0.25, 0.3) is 0 Å². The molecule has 0 spiro atoms. The van der Waals surface area contributed by atoms with E-state index in [1.165, 1.54) is 31.5 Å². The summed E-state index contributed by atoms with van der Waals surface area (Å²) < 4.78 is 0. The zero-order valence-corrected chi connectivity index (χ0v) is 8.90. The van der Waals surface area contributed by atoms with Crippen molar-refractivity contribution in [2.24, 2.45) is 5.92 Å². The minimum Gasteiger partial charge on any atom is -0.386 e. The maximum Gasteiger partial charge on any atom is 0.0264 e. The van der Waals surface area contributed by atoms with Crippen molar-refractivity contribution in [2.75, 3.05) is 13.6 Å². The van der Waals surface area contributed by atoms with Crippen LogP contribution in [0.1, 0.15) is 32.6 Å². The first-order valence-electron chi connectivity index (χ1n) is 5.35. The fraction of sp³-hybridized carbons (Fsp3) is 0.818. The molecule has 1 fully saturated rings. The molecule has 0 aromatic heterocycles. The second-order valence-corrected chi connectivity index (χ2v) is 4.09. The number of allylic oxidation sites excluding steroid dienone is 1. The van der Waals surface area contributed by atoms with Crippen molar-refractivity contribution in [2.45, 2.75) is 38.6 Å². The lowest BCUT2D eigenvalue weighted by Gasteiger charge is -2.37. The van der Waals surface area contributed by atoms with Crippen molar-refractivity contribution in [1.82, 2.24) is 10.6 Å². The van der Waals surface area contributed by atoms with Gasteiger partial charge in [-0.25, -0.2) is 0 Å². The first-order valence-corrected chi connectivity index (χ1v) is 5.35. The molecule has 0 radical (unpaired) electrons. The highest BCUT2D eigenvalue weighted by molar-refractivity contribution is 4.98. The highest BCUT2D eigenvalue weighted by atomic mass is 15.0. The van der Waals surface area contributed by atoms with Gasteiger partial charge in [-0.1, -0.05) is 19.9 Å². The van der Waals surface area contributed by atoms with E-state index in [1.807, 2.05) is 7.05 Å². The molecule has 76 valence electrons. The predicted octanol–water partition coefficient (Wildman–Crippen LogP) is 1.89. The second-order valence-electron chi connectivity index (χ2n) is 4.09. The quantitative estimate of drug-likeness (QED) is 0.655. The lowest BCUT2D eigenvalue weighted by atomic mass is 9.80. The molecule has 1 aliphatic carbocycles. The molecule has 0 aromatic carbocycles. The van der Waals surface area contributed by atoms with Crippen LogP contribution in [0, 0.1) is 5.92 Å². The Hall–Kier alpha value is -0.500. The molecule has 0 aliphatic heterocycles. The van der Waals surface area contributed by atoms with Crippen LogP contribution in [0.3, 0.4) is 0 Å². The Labute approximate surface area is 81.8 Å². The van der Waals surface area contributed by atoms with Gasteiger partial charge in [-0.2, -0.15) is 0 Å². The van der Waals surface area contributed by atoms with Crippen LogP contribution in [0.15, 0.2) is 12.3 Å². The Bertz CT molecular complexity index is 159. The van der Waals surface area contributed by atoms with Gasteiger partial charge in [-0.3, -0.25) is 0 Å². The predicted molar refractivity (Wildman–Crippen MR) is 57.6 cm³/mol. The SMILES string of the molecule is C=C(CCC)NC1CC(CNC)C1. The fourth-order valence-corrected chi connectivity index (χ4v) is 1.97. The van der Waals surface area contributed by atoms with E-state index in [2.05, 4.69) is 24.1 Å². The minimum absolute atomic E-state index is 0.706. The van der Waals surface area contributed by atoms with E-state index in [0.717, 1.165) is 12.3 Å². The molecule has 0 saturated heterocycles. The van der Waals surface area contributed by atoms with Gasteiger partial charge in [0, 0.05) is 11.7 Å². The lowest BCUT2D eigenvalue weighted by Crippen LogP contribution is -2.43. The highest BCUT2D eigenvalue weighted by Crippen LogP contribution is 2.27. The van der Waals surface area contributed by atoms with E-state index < -0.39 is 0 Å². The Kier molecular flexibility index (Phi) is 4.29. The summed E-state index contributed by atoms with van der Waals surface area (Å²) in [6.45, 7) is 7.37. The highest BCUT2D eigenvalue weighted by Gasteiger charge is 2.27. The molecule has 0 aromatic rings. The van der Waals surface area contributed by atoms with Gasteiger partial charge in [0.2, 0.25) is 0 Å². The molecular formula is C11H22N2. The molecule has 1 saturated carbocycles. The lowest BCUT2D eigenvalue weighted by molar-refractivity contribution is 0.231. The van der Waals surface area contributed by atoms with Crippen LogP contribution < -0.4 is 10.6 Å². The Morgan fingerprint density at radius 2 is 2.15 bits per heavy atom. The number of rotatable bonds is 6. The van der Waals surface area contributed by atoms with Crippen molar-refractivity contribution >= 4 is 0 Å². The summed E-state index contributed by atoms with van der Waals surface area (Å²) in [5.41, 5.74) is 1.22. The summed E-state index contributed by atoms with van der Waals surface area (Å²) in [5, 5.41) is 6.70. The topological polar surface area (TPSA) is 24.1 Å². The van der Waals surface area contributed by atoms with Gasteiger partial charge < -0.3 is 10.6 Å². The van der Waals surface area contributed by atoms with Crippen molar-refractivity contribution < 1.29 is 0 Å². The van der Waals surface area contributed by atoms with E-state index in [-0.39, 0.29) is 0 Å². The summed E-state index contributed by atoms with van der Waals surface area (Å²) in [7, 11) is 2.02. The van der Waals surface area contributed by atoms with Crippen molar-refractivity contribution in [3.63, 3.8) is 0 Å². The van der Waals surface area contributed by atoms with Gasteiger partial charge >= 0.3 is 0 Å². The maximum atomic E-state index is 4.01. The van der Waals surface area contributed by atoms with Crippen molar-refractivity contribution in [3.05, 3.63) is 12.3 Å². The average molecular weight is 182 g/mol. The number of nitrogens with one attached hydrogen (secondary N) is 2. The Morgan fingerprint density at radius 3 is 2.69 bits per heavy atom. The first-order chi connectivity index (χ1) is 6.26. The van der Waals surface area contributed by atoms with Crippen LogP contribution >= 0.6 is 0 Å². The molecule has 2 nitrogen and oxygen atoms in total. The van der Waals surface area contributed by atoms with E-state index >= 15 is 0 Å². The van der Waals surface area contributed by atoms with Gasteiger partial charge in [0.15, 0.2) is 0 Å². The fourth-order valence-electron chi connectivity index (χ4n) is 1.97. The van der Waals surface area contributed by atoms with E-state index in [9.17, 15) is 0 Å². The summed E-state index contributed by atoms with van der Waals surface area (Å²) >= 11 is 0. The maximum absolute atomic E-state index is 4.01. The zero-order valence-electron chi connectivity index (χ0n) is 8.90. The third-order valence-corrected chi connectivity index (χ3v) is 2.69. The molecule has 2 N–H and O–H groups in total. The van der Waals surface area contributed by atoms with Gasteiger partial charge in [-0.05, 0) is 38.8 Å². The standard InChI is InChI=1S/C11H22N2/c1-4-5-9(2)13-11-6-10(7-11)8-12-3/h10-13H,2,4-8H2,1,3H3. The molecule has 0 heterocycles. The van der Waals surface area contributed by atoms with Crippen LogP contribution in [0.2, 0.25) is 0 Å². The molecule has 0 bridgehead atoms. The van der Waals surface area contributed by atoms with Gasteiger partial charge in [0.05, 0.1) is 0 Å². The molecule has 2 heteroatoms. The normalized spacial score (nSPS) is 26.6. The molecule has 0 unspecified atom stereocenters. The summed E-state index contributed by atoms with van der Waals surface area (Å²) in [6, 6.07) is 0.706. The largest absolute Gasteiger partial charge is 0.386 e. The summed E-state index contributed by atoms with van der Waals surface area (Å²) in [6.07, 6.45) is 4.93. The first kappa shape index (κ1) is 10.6. The zero-order chi connectivity index (χ0) is 9.68. The number of hydrogen-bond donors (Lipinski definition) is 2. The molecule has 1 aliphatic rings. The Balaban J connectivity index is 2.04.